The molecule has 0 spiro atoms. The SMILES string of the molecule is O=C1c2ccccc2C(=O)N1c1ccc(OCc2cccc(F)c2)cc1. The fraction of sp³-hybridized carbons (Fsp3) is 0.0476. The Balaban J connectivity index is 1.50. The van der Waals surface area contributed by atoms with Crippen molar-refractivity contribution in [1.29, 1.82) is 0 Å². The summed E-state index contributed by atoms with van der Waals surface area (Å²) in [7, 11) is 0. The van der Waals surface area contributed by atoms with Crippen LogP contribution in [0.25, 0.3) is 0 Å². The minimum Gasteiger partial charge on any atom is -0.489 e. The fourth-order valence-electron chi connectivity index (χ4n) is 2.91. The Bertz CT molecular complexity index is 963. The summed E-state index contributed by atoms with van der Waals surface area (Å²) in [6.45, 7) is 0.226. The second-order valence-corrected chi connectivity index (χ2v) is 5.90. The Kier molecular flexibility index (Phi) is 3.97. The summed E-state index contributed by atoms with van der Waals surface area (Å²) >= 11 is 0. The number of nitrogens with zero attached hydrogens (tertiary/aromatic N) is 1. The van der Waals surface area contributed by atoms with Crippen LogP contribution < -0.4 is 9.64 Å². The summed E-state index contributed by atoms with van der Waals surface area (Å²) < 4.78 is 18.8. The Hall–Kier alpha value is -3.47. The molecule has 0 saturated heterocycles. The number of fused-ring (bicyclic) bond motifs is 1. The molecule has 4 nitrogen and oxygen atoms in total. The van der Waals surface area contributed by atoms with Crippen LogP contribution in [0, 0.1) is 5.82 Å². The molecular formula is C21H14FNO3. The quantitative estimate of drug-likeness (QED) is 0.665. The van der Waals surface area contributed by atoms with Gasteiger partial charge in [-0.15, -0.1) is 0 Å². The molecule has 0 fully saturated rings. The average molecular weight is 347 g/mol. The molecular weight excluding hydrogens is 333 g/mol. The first-order chi connectivity index (χ1) is 12.6. The van der Waals surface area contributed by atoms with E-state index < -0.39 is 0 Å². The highest BCUT2D eigenvalue weighted by Crippen LogP contribution is 2.29. The molecule has 128 valence electrons. The van der Waals surface area contributed by atoms with Crippen LogP contribution in [0.4, 0.5) is 10.1 Å². The number of hydrogen-bond acceptors (Lipinski definition) is 3. The summed E-state index contributed by atoms with van der Waals surface area (Å²) in [4.78, 5) is 26.1. The maximum atomic E-state index is 13.2. The third-order valence-corrected chi connectivity index (χ3v) is 4.18. The van der Waals surface area contributed by atoms with Crippen LogP contribution in [-0.2, 0) is 6.61 Å². The van der Waals surface area contributed by atoms with Crippen molar-refractivity contribution in [3.8, 4) is 5.75 Å². The van der Waals surface area contributed by atoms with Crippen molar-refractivity contribution >= 4 is 17.5 Å². The first-order valence-electron chi connectivity index (χ1n) is 8.08. The molecule has 3 aromatic rings. The third-order valence-electron chi connectivity index (χ3n) is 4.18. The number of hydrogen-bond donors (Lipinski definition) is 0. The van der Waals surface area contributed by atoms with Crippen molar-refractivity contribution in [2.24, 2.45) is 0 Å². The highest BCUT2D eigenvalue weighted by molar-refractivity contribution is 6.34. The molecule has 0 unspecified atom stereocenters. The smallest absolute Gasteiger partial charge is 0.266 e. The zero-order valence-corrected chi connectivity index (χ0v) is 13.7. The Labute approximate surface area is 149 Å². The highest BCUT2D eigenvalue weighted by Gasteiger charge is 2.36. The van der Waals surface area contributed by atoms with E-state index in [2.05, 4.69) is 0 Å². The van der Waals surface area contributed by atoms with Crippen molar-refractivity contribution in [3.63, 3.8) is 0 Å². The highest BCUT2D eigenvalue weighted by atomic mass is 19.1. The van der Waals surface area contributed by atoms with E-state index in [9.17, 15) is 14.0 Å². The van der Waals surface area contributed by atoms with Gasteiger partial charge in [0.1, 0.15) is 18.2 Å². The van der Waals surface area contributed by atoms with E-state index in [1.54, 1.807) is 60.7 Å². The van der Waals surface area contributed by atoms with E-state index in [0.29, 0.717) is 22.6 Å². The van der Waals surface area contributed by atoms with E-state index in [1.807, 2.05) is 0 Å². The molecule has 0 atom stereocenters. The van der Waals surface area contributed by atoms with Crippen LogP contribution in [0.1, 0.15) is 26.3 Å². The molecule has 0 aromatic heterocycles. The molecule has 0 saturated carbocycles. The number of ether oxygens (including phenoxy) is 1. The lowest BCUT2D eigenvalue weighted by molar-refractivity contribution is 0.0926. The second-order valence-electron chi connectivity index (χ2n) is 5.90. The zero-order chi connectivity index (χ0) is 18.1. The van der Waals surface area contributed by atoms with E-state index in [-0.39, 0.29) is 24.2 Å². The molecule has 0 aliphatic carbocycles. The normalized spacial score (nSPS) is 13.0. The lowest BCUT2D eigenvalue weighted by atomic mass is 10.1. The second kappa shape index (κ2) is 6.44. The molecule has 0 N–H and O–H groups in total. The summed E-state index contributed by atoms with van der Waals surface area (Å²) in [5.41, 5.74) is 2.01. The first kappa shape index (κ1) is 16.0. The van der Waals surface area contributed by atoms with Gasteiger partial charge in [0.05, 0.1) is 16.8 Å². The number of amides is 2. The van der Waals surface area contributed by atoms with Gasteiger partial charge in [-0.1, -0.05) is 24.3 Å². The fourth-order valence-corrected chi connectivity index (χ4v) is 2.91. The predicted octanol–water partition coefficient (Wildman–Crippen LogP) is 4.21. The van der Waals surface area contributed by atoms with Crippen molar-refractivity contribution < 1.29 is 18.7 Å². The van der Waals surface area contributed by atoms with Gasteiger partial charge in [0.2, 0.25) is 0 Å². The van der Waals surface area contributed by atoms with Crippen molar-refractivity contribution in [3.05, 3.63) is 95.3 Å². The van der Waals surface area contributed by atoms with E-state index in [0.717, 1.165) is 10.5 Å². The topological polar surface area (TPSA) is 46.6 Å². The maximum absolute atomic E-state index is 13.2. The number of carbonyl (C=O) groups is 2. The number of rotatable bonds is 4. The Morgan fingerprint density at radius 1 is 0.808 bits per heavy atom. The molecule has 5 heteroatoms. The standard InChI is InChI=1S/C21H14FNO3/c22-15-5-3-4-14(12-15)13-26-17-10-8-16(9-11-17)23-20(24)18-6-1-2-7-19(18)21(23)25/h1-12H,13H2. The number of benzene rings is 3. The van der Waals surface area contributed by atoms with Gasteiger partial charge in [-0.2, -0.15) is 0 Å². The van der Waals surface area contributed by atoms with Crippen LogP contribution in [0.15, 0.2) is 72.8 Å². The van der Waals surface area contributed by atoms with Crippen LogP contribution in [-0.4, -0.2) is 11.8 Å². The molecule has 3 aromatic carbocycles. The zero-order valence-electron chi connectivity index (χ0n) is 13.7. The Morgan fingerprint density at radius 2 is 1.46 bits per heavy atom. The van der Waals surface area contributed by atoms with Gasteiger partial charge in [-0.05, 0) is 54.1 Å². The number of halogens is 1. The summed E-state index contributed by atoms with van der Waals surface area (Å²) in [6.07, 6.45) is 0. The summed E-state index contributed by atoms with van der Waals surface area (Å²) in [5.74, 6) is -0.417. The van der Waals surface area contributed by atoms with E-state index in [1.165, 1.54) is 12.1 Å². The lowest BCUT2D eigenvalue weighted by Gasteiger charge is -2.14. The van der Waals surface area contributed by atoms with Gasteiger partial charge in [0.25, 0.3) is 11.8 Å². The van der Waals surface area contributed by atoms with Gasteiger partial charge >= 0.3 is 0 Å². The van der Waals surface area contributed by atoms with Crippen LogP contribution in [0.3, 0.4) is 0 Å². The van der Waals surface area contributed by atoms with Gasteiger partial charge in [-0.25, -0.2) is 9.29 Å². The van der Waals surface area contributed by atoms with Gasteiger partial charge < -0.3 is 4.74 Å². The third kappa shape index (κ3) is 2.84. The largest absolute Gasteiger partial charge is 0.489 e. The number of anilines is 1. The summed E-state index contributed by atoms with van der Waals surface area (Å²) in [5, 5.41) is 0. The lowest BCUT2D eigenvalue weighted by Crippen LogP contribution is -2.29. The monoisotopic (exact) mass is 347 g/mol. The Morgan fingerprint density at radius 3 is 2.08 bits per heavy atom. The number of carbonyl (C=O) groups excluding carboxylic acids is 2. The molecule has 1 aliphatic heterocycles. The molecule has 1 aliphatic rings. The number of imide groups is 1. The van der Waals surface area contributed by atoms with Crippen LogP contribution in [0.2, 0.25) is 0 Å². The van der Waals surface area contributed by atoms with Gasteiger partial charge in [-0.3, -0.25) is 9.59 Å². The van der Waals surface area contributed by atoms with Crippen molar-refractivity contribution in [2.75, 3.05) is 4.90 Å². The minimum absolute atomic E-state index is 0.226. The average Bonchev–Trinajstić information content (AvgIpc) is 2.92. The van der Waals surface area contributed by atoms with E-state index in [4.69, 9.17) is 4.74 Å². The van der Waals surface area contributed by atoms with Gasteiger partial charge in [0, 0.05) is 0 Å². The van der Waals surface area contributed by atoms with Crippen LogP contribution >= 0.6 is 0 Å². The molecule has 0 bridgehead atoms. The predicted molar refractivity (Wildman–Crippen MR) is 94.8 cm³/mol. The summed E-state index contributed by atoms with van der Waals surface area (Å²) in [6, 6.07) is 19.6. The first-order valence-corrected chi connectivity index (χ1v) is 8.08. The molecule has 1 heterocycles. The van der Waals surface area contributed by atoms with E-state index >= 15 is 0 Å². The van der Waals surface area contributed by atoms with Crippen LogP contribution in [0.5, 0.6) is 5.75 Å². The minimum atomic E-state index is -0.334. The molecule has 2 amide bonds. The van der Waals surface area contributed by atoms with Gasteiger partial charge in [0.15, 0.2) is 0 Å². The maximum Gasteiger partial charge on any atom is 0.266 e. The van der Waals surface area contributed by atoms with Crippen molar-refractivity contribution in [1.82, 2.24) is 0 Å². The molecule has 0 radical (unpaired) electrons. The molecule has 26 heavy (non-hydrogen) atoms. The molecule has 4 rings (SSSR count). The van der Waals surface area contributed by atoms with Crippen molar-refractivity contribution in [2.45, 2.75) is 6.61 Å².